The van der Waals surface area contributed by atoms with Gasteiger partial charge in [-0.2, -0.15) is 0 Å². The molecule has 0 unspecified atom stereocenters. The molecule has 3 aromatic rings. The summed E-state index contributed by atoms with van der Waals surface area (Å²) in [5.74, 6) is 2.46. The second-order valence-corrected chi connectivity index (χ2v) is 13.8. The van der Waals surface area contributed by atoms with E-state index < -0.39 is 0 Å². The van der Waals surface area contributed by atoms with Crippen molar-refractivity contribution in [1.82, 2.24) is 25.1 Å². The first-order valence-corrected chi connectivity index (χ1v) is 16.9. The normalized spacial score (nSPS) is 19.4. The second-order valence-electron chi connectivity index (χ2n) is 13.3. The maximum Gasteiger partial charge on any atom is 0.225 e. The lowest BCUT2D eigenvalue weighted by Gasteiger charge is -2.42. The van der Waals surface area contributed by atoms with Gasteiger partial charge in [0.15, 0.2) is 5.69 Å². The number of piperazine rings is 1. The second kappa shape index (κ2) is 14.5. The van der Waals surface area contributed by atoms with Crippen LogP contribution < -0.4 is 15.0 Å². The third-order valence-electron chi connectivity index (χ3n) is 10.0. The van der Waals surface area contributed by atoms with E-state index in [4.69, 9.17) is 27.9 Å². The van der Waals surface area contributed by atoms with Crippen LogP contribution in [0.4, 0.5) is 11.6 Å². The minimum absolute atomic E-state index is 0.306. The zero-order chi connectivity index (χ0) is 31.2. The summed E-state index contributed by atoms with van der Waals surface area (Å²) in [5, 5.41) is 4.05. The molecule has 0 bridgehead atoms. The number of benzene rings is 2. The molecule has 0 amide bonds. The molecule has 9 heteroatoms. The van der Waals surface area contributed by atoms with E-state index in [2.05, 4.69) is 55.8 Å². The van der Waals surface area contributed by atoms with Crippen molar-refractivity contribution in [3.63, 3.8) is 0 Å². The van der Waals surface area contributed by atoms with E-state index >= 15 is 0 Å². The highest BCUT2D eigenvalue weighted by Gasteiger charge is 2.30. The van der Waals surface area contributed by atoms with E-state index in [1.54, 1.807) is 6.07 Å². The quantitative estimate of drug-likeness (QED) is 0.285. The highest BCUT2D eigenvalue weighted by Crippen LogP contribution is 2.36. The average Bonchev–Trinajstić information content (AvgIpc) is 3.08. The van der Waals surface area contributed by atoms with E-state index in [1.807, 2.05) is 36.5 Å². The zero-order valence-electron chi connectivity index (χ0n) is 26.7. The molecule has 4 heterocycles. The van der Waals surface area contributed by atoms with Gasteiger partial charge in [0.05, 0.1) is 12.3 Å². The smallest absolute Gasteiger partial charge is 0.225 e. The van der Waals surface area contributed by atoms with E-state index in [9.17, 15) is 0 Å². The summed E-state index contributed by atoms with van der Waals surface area (Å²) >= 11 is 6.29. The third-order valence-corrected chi connectivity index (χ3v) is 10.3. The number of hydrogen-bond acceptors (Lipinski definition) is 7. The van der Waals surface area contributed by atoms with Gasteiger partial charge in [-0.3, -0.25) is 0 Å². The molecule has 3 aliphatic rings. The zero-order valence-corrected chi connectivity index (χ0v) is 27.5. The molecule has 3 fully saturated rings. The Balaban J connectivity index is 0.975. The third kappa shape index (κ3) is 7.96. The predicted octanol–water partition coefficient (Wildman–Crippen LogP) is 6.17. The summed E-state index contributed by atoms with van der Waals surface area (Å²) < 4.78 is 6.13. The lowest BCUT2D eigenvalue weighted by Crippen LogP contribution is -2.50. The standard InChI is InChI=1S/C36H46ClN7O/c1-36(2,29-22-30(37)24-32(23-29)38-3)28-4-6-34(7-5-28)45-26-31-8-13-40-35(41-31)44-18-11-33(12-19-44)43-16-9-27(10-17-43)25-42-20-14-39-15-21-42/h4-8,13,22-24,27,33,39H,9-12,14-21,25-26H2,1-2H3. The Hall–Kier alpha value is -3.22. The van der Waals surface area contributed by atoms with Gasteiger partial charge >= 0.3 is 0 Å². The van der Waals surface area contributed by atoms with Crippen molar-refractivity contribution in [2.75, 3.05) is 63.8 Å². The molecular formula is C36H46ClN7O. The van der Waals surface area contributed by atoms with Crippen molar-refractivity contribution < 1.29 is 4.74 Å². The summed E-state index contributed by atoms with van der Waals surface area (Å²) in [6.45, 7) is 22.5. The van der Waals surface area contributed by atoms with Crippen LogP contribution in [0.5, 0.6) is 5.75 Å². The highest BCUT2D eigenvalue weighted by molar-refractivity contribution is 6.31. The molecule has 0 spiro atoms. The van der Waals surface area contributed by atoms with Gasteiger partial charge in [-0.1, -0.05) is 43.6 Å². The summed E-state index contributed by atoms with van der Waals surface area (Å²) in [6, 6.07) is 16.3. The number of likely N-dealkylation sites (tertiary alicyclic amines) is 1. The van der Waals surface area contributed by atoms with Gasteiger partial charge in [-0.05, 0) is 86.1 Å². The fraction of sp³-hybridized carbons (Fsp3) is 0.528. The molecule has 0 atom stereocenters. The number of anilines is 1. The molecule has 1 aromatic heterocycles. The monoisotopic (exact) mass is 627 g/mol. The Morgan fingerprint density at radius 2 is 1.67 bits per heavy atom. The molecule has 1 N–H and O–H groups in total. The van der Waals surface area contributed by atoms with E-state index in [1.165, 1.54) is 58.4 Å². The Labute approximate surface area is 273 Å². The highest BCUT2D eigenvalue weighted by atomic mass is 35.5. The molecule has 238 valence electrons. The molecule has 0 saturated carbocycles. The molecule has 45 heavy (non-hydrogen) atoms. The van der Waals surface area contributed by atoms with Crippen LogP contribution >= 0.6 is 11.6 Å². The van der Waals surface area contributed by atoms with Crippen LogP contribution in [0.2, 0.25) is 5.02 Å². The van der Waals surface area contributed by atoms with Crippen molar-refractivity contribution in [2.24, 2.45) is 5.92 Å². The summed E-state index contributed by atoms with van der Waals surface area (Å²) in [4.78, 5) is 20.8. The van der Waals surface area contributed by atoms with Gasteiger partial charge in [0.2, 0.25) is 5.95 Å². The number of rotatable bonds is 9. The number of nitrogens with zero attached hydrogens (tertiary/aromatic N) is 6. The summed E-state index contributed by atoms with van der Waals surface area (Å²) in [5.41, 5.74) is 3.26. The average molecular weight is 628 g/mol. The number of ether oxygens (including phenoxy) is 1. The van der Waals surface area contributed by atoms with E-state index in [0.717, 1.165) is 60.6 Å². The number of nitrogens with one attached hydrogen (secondary N) is 1. The SMILES string of the molecule is [C-]#[N+]c1cc(Cl)cc(C(C)(C)c2ccc(OCc3ccnc(N4CCC(N5CCC(CN6CCNCC6)CC5)CC4)n3)cc2)c1. The van der Waals surface area contributed by atoms with E-state index in [0.29, 0.717) is 23.4 Å². The van der Waals surface area contributed by atoms with Crippen LogP contribution in [-0.2, 0) is 12.0 Å². The van der Waals surface area contributed by atoms with Gasteiger partial charge in [0.25, 0.3) is 0 Å². The lowest BCUT2D eigenvalue weighted by atomic mass is 9.78. The minimum atomic E-state index is -0.306. The fourth-order valence-corrected chi connectivity index (χ4v) is 7.33. The van der Waals surface area contributed by atoms with Crippen LogP contribution in [0.15, 0.2) is 54.7 Å². The Bertz CT molecular complexity index is 1450. The topological polar surface area (TPSA) is 61.1 Å². The molecule has 3 aliphatic heterocycles. The van der Waals surface area contributed by atoms with Crippen molar-refractivity contribution in [3.05, 3.63) is 88.0 Å². The summed E-state index contributed by atoms with van der Waals surface area (Å²) in [6.07, 6.45) is 6.86. The van der Waals surface area contributed by atoms with Gasteiger partial charge in [0.1, 0.15) is 12.4 Å². The molecule has 6 rings (SSSR count). The number of piperidine rings is 2. The molecule has 0 aliphatic carbocycles. The van der Waals surface area contributed by atoms with Crippen LogP contribution in [0.3, 0.4) is 0 Å². The molecule has 8 nitrogen and oxygen atoms in total. The first kappa shape index (κ1) is 31.7. The first-order valence-electron chi connectivity index (χ1n) is 16.5. The van der Waals surface area contributed by atoms with Crippen molar-refractivity contribution >= 4 is 23.2 Å². The Kier molecular flexibility index (Phi) is 10.2. The van der Waals surface area contributed by atoms with Gasteiger partial charge in [0, 0.05) is 68.5 Å². The first-order chi connectivity index (χ1) is 21.9. The molecule has 2 aromatic carbocycles. The molecular weight excluding hydrogens is 582 g/mol. The van der Waals surface area contributed by atoms with Crippen LogP contribution in [0.1, 0.15) is 56.4 Å². The maximum absolute atomic E-state index is 7.38. The maximum atomic E-state index is 7.38. The number of hydrogen-bond donors (Lipinski definition) is 1. The van der Waals surface area contributed by atoms with Crippen molar-refractivity contribution in [1.29, 1.82) is 0 Å². The van der Waals surface area contributed by atoms with Gasteiger partial charge in [-0.25, -0.2) is 14.8 Å². The van der Waals surface area contributed by atoms with Crippen molar-refractivity contribution in [2.45, 2.75) is 57.6 Å². The Morgan fingerprint density at radius 3 is 2.38 bits per heavy atom. The van der Waals surface area contributed by atoms with Crippen molar-refractivity contribution in [3.8, 4) is 5.75 Å². The van der Waals surface area contributed by atoms with Gasteiger partial charge < -0.3 is 24.8 Å². The van der Waals surface area contributed by atoms with Crippen LogP contribution in [0.25, 0.3) is 4.85 Å². The fourth-order valence-electron chi connectivity index (χ4n) is 7.10. The van der Waals surface area contributed by atoms with Gasteiger partial charge in [-0.15, -0.1) is 0 Å². The Morgan fingerprint density at radius 1 is 0.933 bits per heavy atom. The summed E-state index contributed by atoms with van der Waals surface area (Å²) in [7, 11) is 0. The molecule has 3 saturated heterocycles. The largest absolute Gasteiger partial charge is 0.487 e. The van der Waals surface area contributed by atoms with Crippen LogP contribution in [0, 0.1) is 12.5 Å². The van der Waals surface area contributed by atoms with Crippen LogP contribution in [-0.4, -0.2) is 84.7 Å². The number of aromatic nitrogens is 2. The van der Waals surface area contributed by atoms with E-state index in [-0.39, 0.29) is 5.41 Å². The number of halogens is 1. The lowest BCUT2D eigenvalue weighted by molar-refractivity contribution is 0.0943. The minimum Gasteiger partial charge on any atom is -0.487 e. The molecule has 0 radical (unpaired) electrons. The predicted molar refractivity (Wildman–Crippen MR) is 181 cm³/mol.